The van der Waals surface area contributed by atoms with Crippen LogP contribution in [0.15, 0.2) is 0 Å². The third-order valence-corrected chi connectivity index (χ3v) is 4.12. The third-order valence-electron chi connectivity index (χ3n) is 3.24. The van der Waals surface area contributed by atoms with Gasteiger partial charge in [-0.1, -0.05) is 38.9 Å². The van der Waals surface area contributed by atoms with E-state index in [0.717, 1.165) is 12.8 Å². The van der Waals surface area contributed by atoms with Gasteiger partial charge in [0, 0.05) is 25.9 Å². The number of carbonyl (C=O) groups excluding carboxylic acids is 1. The fourth-order valence-electron chi connectivity index (χ4n) is 1.88. The zero-order chi connectivity index (χ0) is 15.2. The lowest BCUT2D eigenvalue weighted by Gasteiger charge is -2.34. The maximum Gasteiger partial charge on any atom is 0.409 e. The molecule has 5 heteroatoms. The van der Waals surface area contributed by atoms with Crippen LogP contribution in [0.25, 0.3) is 0 Å². The van der Waals surface area contributed by atoms with Gasteiger partial charge in [-0.15, -0.1) is 5.54 Å². The predicted octanol–water partition coefficient (Wildman–Crippen LogP) is 2.63. The second-order valence-corrected chi connectivity index (χ2v) is 11.2. The summed E-state index contributed by atoms with van der Waals surface area (Å²) in [6.45, 7) is 10.0. The molecule has 1 saturated heterocycles. The monoisotopic (exact) mass is 297 g/mol. The Bertz CT molecular complexity index is 384. The molecule has 1 amide bonds. The lowest BCUT2D eigenvalue weighted by atomic mass is 9.93. The number of unbranched alkanes of at least 4 members (excludes halogenated alkanes) is 1. The van der Waals surface area contributed by atoms with Gasteiger partial charge < -0.3 is 14.7 Å². The van der Waals surface area contributed by atoms with Crippen molar-refractivity contribution in [3.63, 3.8) is 0 Å². The van der Waals surface area contributed by atoms with Crippen molar-refractivity contribution in [1.29, 1.82) is 0 Å². The van der Waals surface area contributed by atoms with Gasteiger partial charge in [0.15, 0.2) is 0 Å². The lowest BCUT2D eigenvalue weighted by molar-refractivity contribution is 0.0217. The maximum absolute atomic E-state index is 11.8. The first-order valence-corrected chi connectivity index (χ1v) is 10.9. The minimum Gasteiger partial charge on any atom is -0.449 e. The first-order valence-electron chi connectivity index (χ1n) is 7.44. The number of nitrogens with zero attached hydrogens (tertiary/aromatic N) is 1. The zero-order valence-electron chi connectivity index (χ0n) is 13.2. The van der Waals surface area contributed by atoms with E-state index in [4.69, 9.17) is 4.74 Å². The highest BCUT2D eigenvalue weighted by Gasteiger charge is 2.33. The van der Waals surface area contributed by atoms with Gasteiger partial charge in [-0.2, -0.15) is 0 Å². The fourth-order valence-corrected chi connectivity index (χ4v) is 2.49. The normalized spacial score (nSPS) is 18.1. The van der Waals surface area contributed by atoms with Crippen LogP contribution in [0.5, 0.6) is 0 Å². The van der Waals surface area contributed by atoms with Crippen LogP contribution in [0.3, 0.4) is 0 Å². The van der Waals surface area contributed by atoms with Crippen LogP contribution < -0.4 is 0 Å². The summed E-state index contributed by atoms with van der Waals surface area (Å²) in [6.07, 6.45) is 2.66. The Hall–Kier alpha value is -0.993. The highest BCUT2D eigenvalue weighted by Crippen LogP contribution is 2.22. The van der Waals surface area contributed by atoms with Crippen molar-refractivity contribution in [2.75, 3.05) is 19.7 Å². The van der Waals surface area contributed by atoms with Crippen LogP contribution in [0.2, 0.25) is 19.6 Å². The molecule has 1 rings (SSSR count). The Morgan fingerprint density at radius 3 is 2.45 bits per heavy atom. The van der Waals surface area contributed by atoms with E-state index in [2.05, 4.69) is 38.0 Å². The molecular formula is C15H27NO3Si. The van der Waals surface area contributed by atoms with Gasteiger partial charge in [-0.05, 0) is 6.42 Å². The molecule has 1 aliphatic rings. The molecule has 0 spiro atoms. The van der Waals surface area contributed by atoms with E-state index >= 15 is 0 Å². The summed E-state index contributed by atoms with van der Waals surface area (Å²) >= 11 is 0. The molecule has 0 aromatic heterocycles. The van der Waals surface area contributed by atoms with E-state index in [1.807, 2.05) is 0 Å². The van der Waals surface area contributed by atoms with Crippen molar-refractivity contribution < 1.29 is 14.6 Å². The second-order valence-electron chi connectivity index (χ2n) is 6.49. The van der Waals surface area contributed by atoms with Gasteiger partial charge in [-0.3, -0.25) is 0 Å². The molecule has 20 heavy (non-hydrogen) atoms. The highest BCUT2D eigenvalue weighted by atomic mass is 28.3. The number of carbonyl (C=O) groups is 1. The van der Waals surface area contributed by atoms with Crippen molar-refractivity contribution in [2.45, 2.75) is 57.8 Å². The van der Waals surface area contributed by atoms with Crippen LogP contribution >= 0.6 is 0 Å². The number of piperidine rings is 1. The van der Waals surface area contributed by atoms with Gasteiger partial charge in [0.05, 0.1) is 6.61 Å². The van der Waals surface area contributed by atoms with Crippen molar-refractivity contribution in [1.82, 2.24) is 4.90 Å². The topological polar surface area (TPSA) is 49.8 Å². The summed E-state index contributed by atoms with van der Waals surface area (Å²) in [5.41, 5.74) is 2.29. The number of likely N-dealkylation sites (tertiary alicyclic amines) is 1. The molecule has 0 radical (unpaired) electrons. The summed E-state index contributed by atoms with van der Waals surface area (Å²) in [7, 11) is -1.48. The second kappa shape index (κ2) is 7.14. The largest absolute Gasteiger partial charge is 0.449 e. The van der Waals surface area contributed by atoms with Crippen molar-refractivity contribution in [3.05, 3.63) is 0 Å². The van der Waals surface area contributed by atoms with Crippen LogP contribution in [0.4, 0.5) is 4.79 Å². The van der Waals surface area contributed by atoms with Crippen LogP contribution in [-0.4, -0.2) is 49.5 Å². The third kappa shape index (κ3) is 5.97. The van der Waals surface area contributed by atoms with Crippen LogP contribution in [-0.2, 0) is 4.74 Å². The Kier molecular flexibility index (Phi) is 6.09. The predicted molar refractivity (Wildman–Crippen MR) is 83.1 cm³/mol. The summed E-state index contributed by atoms with van der Waals surface area (Å²) in [6, 6.07) is 0. The van der Waals surface area contributed by atoms with Crippen LogP contribution in [0.1, 0.15) is 32.6 Å². The SMILES string of the molecule is CCCCOC(=O)N1CCC(O)(C#C[Si](C)(C)C)CC1. The van der Waals surface area contributed by atoms with Gasteiger partial charge in [0.1, 0.15) is 13.7 Å². The van der Waals surface area contributed by atoms with E-state index < -0.39 is 13.7 Å². The van der Waals surface area contributed by atoms with Gasteiger partial charge in [-0.25, -0.2) is 4.79 Å². The first kappa shape index (κ1) is 17.1. The average Bonchev–Trinajstić information content (AvgIpc) is 2.37. The van der Waals surface area contributed by atoms with E-state index in [9.17, 15) is 9.90 Å². The number of ether oxygens (including phenoxy) is 1. The molecule has 0 atom stereocenters. The fraction of sp³-hybridized carbons (Fsp3) is 0.800. The Labute approximate surface area is 123 Å². The molecule has 1 N–H and O–H groups in total. The van der Waals surface area contributed by atoms with Gasteiger partial charge in [0.25, 0.3) is 0 Å². The molecule has 0 aromatic rings. The number of hydrogen-bond donors (Lipinski definition) is 1. The van der Waals surface area contributed by atoms with E-state index in [1.54, 1.807) is 4.90 Å². The van der Waals surface area contributed by atoms with Gasteiger partial charge >= 0.3 is 6.09 Å². The minimum absolute atomic E-state index is 0.265. The molecule has 1 heterocycles. The molecule has 0 unspecified atom stereocenters. The molecule has 114 valence electrons. The molecule has 0 saturated carbocycles. The summed E-state index contributed by atoms with van der Waals surface area (Å²) < 4.78 is 5.18. The summed E-state index contributed by atoms with van der Waals surface area (Å²) in [4.78, 5) is 13.5. The first-order chi connectivity index (χ1) is 9.26. The van der Waals surface area contributed by atoms with Crippen molar-refractivity contribution in [3.8, 4) is 11.5 Å². The quantitative estimate of drug-likeness (QED) is 0.495. The summed E-state index contributed by atoms with van der Waals surface area (Å²) in [5.74, 6) is 3.04. The minimum atomic E-state index is -1.48. The molecule has 1 aliphatic heterocycles. The Morgan fingerprint density at radius 1 is 1.35 bits per heavy atom. The van der Waals surface area contributed by atoms with Crippen molar-refractivity contribution in [2.24, 2.45) is 0 Å². The molecule has 4 nitrogen and oxygen atoms in total. The lowest BCUT2D eigenvalue weighted by Crippen LogP contribution is -2.46. The number of hydrogen-bond acceptors (Lipinski definition) is 3. The van der Waals surface area contributed by atoms with E-state index in [-0.39, 0.29) is 6.09 Å². The smallest absolute Gasteiger partial charge is 0.409 e. The molecule has 0 bridgehead atoms. The maximum atomic E-state index is 11.8. The Balaban J connectivity index is 2.46. The number of amides is 1. The van der Waals surface area contributed by atoms with Crippen LogP contribution in [0, 0.1) is 11.5 Å². The molecule has 1 fully saturated rings. The Morgan fingerprint density at radius 2 is 1.95 bits per heavy atom. The highest BCUT2D eigenvalue weighted by molar-refractivity contribution is 6.83. The van der Waals surface area contributed by atoms with E-state index in [0.29, 0.717) is 32.5 Å². The molecule has 0 aliphatic carbocycles. The average molecular weight is 297 g/mol. The zero-order valence-corrected chi connectivity index (χ0v) is 14.2. The standard InChI is InChI=1S/C15H27NO3Si/c1-5-6-12-19-14(17)16-10-7-15(18,8-11-16)9-13-20(2,3)4/h18H,5-8,10-12H2,1-4H3. The molecule has 0 aromatic carbocycles. The number of aliphatic hydroxyl groups is 1. The number of rotatable bonds is 3. The van der Waals surface area contributed by atoms with Crippen molar-refractivity contribution >= 4 is 14.2 Å². The van der Waals surface area contributed by atoms with E-state index in [1.165, 1.54) is 0 Å². The molecular weight excluding hydrogens is 270 g/mol. The van der Waals surface area contributed by atoms with Gasteiger partial charge in [0.2, 0.25) is 0 Å². The summed E-state index contributed by atoms with van der Waals surface area (Å²) in [5, 5.41) is 10.4.